The molecule has 3 rings (SSSR count). The average Bonchev–Trinajstić information content (AvgIpc) is 2.82. The van der Waals surface area contributed by atoms with Gasteiger partial charge in [-0.05, 0) is 54.6 Å². The molecule has 0 aliphatic rings. The van der Waals surface area contributed by atoms with Crippen molar-refractivity contribution < 1.29 is 22.4 Å². The third-order valence-corrected chi connectivity index (χ3v) is 6.90. The summed E-state index contributed by atoms with van der Waals surface area (Å²) < 4.78 is 40.4. The molecular formula is C23H23FN4O4S. The van der Waals surface area contributed by atoms with E-state index in [1.165, 1.54) is 46.9 Å². The molecule has 0 unspecified atom stereocenters. The number of carbonyl (C=O) groups is 2. The van der Waals surface area contributed by atoms with Gasteiger partial charge in [-0.3, -0.25) is 14.6 Å². The van der Waals surface area contributed by atoms with Crippen LogP contribution in [0.25, 0.3) is 0 Å². The average molecular weight is 471 g/mol. The zero-order valence-electron chi connectivity index (χ0n) is 18.1. The van der Waals surface area contributed by atoms with Crippen LogP contribution >= 0.6 is 0 Å². The highest BCUT2D eigenvalue weighted by molar-refractivity contribution is 7.89. The molecule has 0 bridgehead atoms. The van der Waals surface area contributed by atoms with Crippen molar-refractivity contribution in [3.63, 3.8) is 0 Å². The van der Waals surface area contributed by atoms with Crippen LogP contribution in [0.1, 0.15) is 34.7 Å². The van der Waals surface area contributed by atoms with E-state index in [0.717, 1.165) is 12.1 Å². The van der Waals surface area contributed by atoms with Crippen LogP contribution in [0.2, 0.25) is 0 Å². The van der Waals surface area contributed by atoms with Crippen molar-refractivity contribution in [3.8, 4) is 0 Å². The predicted molar refractivity (Wildman–Crippen MR) is 123 cm³/mol. The summed E-state index contributed by atoms with van der Waals surface area (Å²) in [6.45, 7) is 4.14. The SMILES string of the molecule is CCN(CC)S(=O)(=O)c1ccc(C(=O)Nc2cc(F)ccc2NC(=O)c2ccccn2)cc1. The van der Waals surface area contributed by atoms with Gasteiger partial charge in [0.2, 0.25) is 10.0 Å². The second-order valence-electron chi connectivity index (χ2n) is 6.93. The van der Waals surface area contributed by atoms with Gasteiger partial charge < -0.3 is 10.6 Å². The Kier molecular flexibility index (Phi) is 7.52. The zero-order chi connectivity index (χ0) is 24.0. The Balaban J connectivity index is 1.80. The fourth-order valence-corrected chi connectivity index (χ4v) is 4.56. The van der Waals surface area contributed by atoms with Gasteiger partial charge in [0.05, 0.1) is 16.3 Å². The Morgan fingerprint density at radius 2 is 1.58 bits per heavy atom. The molecule has 2 aromatic carbocycles. The molecule has 1 aromatic heterocycles. The number of rotatable bonds is 8. The number of hydrogen-bond donors (Lipinski definition) is 2. The van der Waals surface area contributed by atoms with Crippen LogP contribution in [0.4, 0.5) is 15.8 Å². The van der Waals surface area contributed by atoms with Gasteiger partial charge in [-0.15, -0.1) is 0 Å². The topological polar surface area (TPSA) is 108 Å². The van der Waals surface area contributed by atoms with Crippen molar-refractivity contribution in [3.05, 3.63) is 83.9 Å². The largest absolute Gasteiger partial charge is 0.320 e. The monoisotopic (exact) mass is 470 g/mol. The van der Waals surface area contributed by atoms with E-state index >= 15 is 0 Å². The lowest BCUT2D eigenvalue weighted by molar-refractivity contribution is 0.101. The van der Waals surface area contributed by atoms with E-state index in [4.69, 9.17) is 0 Å². The number of halogens is 1. The summed E-state index contributed by atoms with van der Waals surface area (Å²) >= 11 is 0. The number of amides is 2. The molecule has 33 heavy (non-hydrogen) atoms. The quantitative estimate of drug-likeness (QED) is 0.521. The molecule has 2 N–H and O–H groups in total. The van der Waals surface area contributed by atoms with Gasteiger partial charge in [-0.2, -0.15) is 4.31 Å². The molecule has 0 aliphatic carbocycles. The molecule has 10 heteroatoms. The molecule has 0 aliphatic heterocycles. The first-order chi connectivity index (χ1) is 15.8. The normalized spacial score (nSPS) is 11.3. The van der Waals surface area contributed by atoms with Crippen LogP contribution < -0.4 is 10.6 Å². The van der Waals surface area contributed by atoms with Crippen molar-refractivity contribution >= 4 is 33.2 Å². The van der Waals surface area contributed by atoms with Crippen LogP contribution in [-0.2, 0) is 10.0 Å². The molecule has 0 fully saturated rings. The fraction of sp³-hybridized carbons (Fsp3) is 0.174. The molecule has 0 saturated heterocycles. The Morgan fingerprint density at radius 1 is 0.909 bits per heavy atom. The molecule has 8 nitrogen and oxygen atoms in total. The third kappa shape index (κ3) is 5.60. The van der Waals surface area contributed by atoms with E-state index in [9.17, 15) is 22.4 Å². The van der Waals surface area contributed by atoms with E-state index in [1.807, 2.05) is 0 Å². The smallest absolute Gasteiger partial charge is 0.274 e. The molecule has 172 valence electrons. The maximum atomic E-state index is 13.8. The number of anilines is 2. The summed E-state index contributed by atoms with van der Waals surface area (Å²) in [4.78, 5) is 29.1. The van der Waals surface area contributed by atoms with Crippen molar-refractivity contribution in [1.82, 2.24) is 9.29 Å². The molecular weight excluding hydrogens is 447 g/mol. The number of sulfonamides is 1. The van der Waals surface area contributed by atoms with E-state index in [2.05, 4.69) is 15.6 Å². The van der Waals surface area contributed by atoms with Crippen LogP contribution in [-0.4, -0.2) is 42.6 Å². The lowest BCUT2D eigenvalue weighted by atomic mass is 10.2. The first kappa shape index (κ1) is 24.0. The van der Waals surface area contributed by atoms with Crippen LogP contribution in [0.5, 0.6) is 0 Å². The number of pyridine rings is 1. The fourth-order valence-electron chi connectivity index (χ4n) is 3.10. The lowest BCUT2D eigenvalue weighted by Crippen LogP contribution is -2.30. The summed E-state index contributed by atoms with van der Waals surface area (Å²) in [6, 6.07) is 13.8. The first-order valence-electron chi connectivity index (χ1n) is 10.2. The van der Waals surface area contributed by atoms with Gasteiger partial charge in [0.1, 0.15) is 11.5 Å². The molecule has 3 aromatic rings. The van der Waals surface area contributed by atoms with E-state index in [-0.39, 0.29) is 27.5 Å². The summed E-state index contributed by atoms with van der Waals surface area (Å²) in [5.74, 6) is -1.73. The number of benzene rings is 2. The number of aromatic nitrogens is 1. The van der Waals surface area contributed by atoms with Crippen LogP contribution in [0, 0.1) is 5.82 Å². The molecule has 0 radical (unpaired) electrons. The van der Waals surface area contributed by atoms with Crippen molar-refractivity contribution in [2.75, 3.05) is 23.7 Å². The maximum Gasteiger partial charge on any atom is 0.274 e. The minimum absolute atomic E-state index is 0.0455. The van der Waals surface area contributed by atoms with Crippen LogP contribution in [0.3, 0.4) is 0 Å². The van der Waals surface area contributed by atoms with Crippen molar-refractivity contribution in [2.45, 2.75) is 18.7 Å². The molecule has 2 amide bonds. The molecule has 0 atom stereocenters. The highest BCUT2D eigenvalue weighted by Crippen LogP contribution is 2.24. The van der Waals surface area contributed by atoms with Gasteiger partial charge in [0.25, 0.3) is 11.8 Å². The number of nitrogens with one attached hydrogen (secondary N) is 2. The maximum absolute atomic E-state index is 13.8. The van der Waals surface area contributed by atoms with E-state index < -0.39 is 27.7 Å². The number of nitrogens with zero attached hydrogens (tertiary/aromatic N) is 2. The van der Waals surface area contributed by atoms with Gasteiger partial charge in [-0.25, -0.2) is 12.8 Å². The van der Waals surface area contributed by atoms with E-state index in [0.29, 0.717) is 13.1 Å². The number of hydrogen-bond acceptors (Lipinski definition) is 5. The molecule has 0 saturated carbocycles. The Labute approximate surface area is 191 Å². The summed E-state index contributed by atoms with van der Waals surface area (Å²) in [6.07, 6.45) is 1.46. The van der Waals surface area contributed by atoms with E-state index in [1.54, 1.807) is 26.0 Å². The summed E-state index contributed by atoms with van der Waals surface area (Å²) in [7, 11) is -3.66. The van der Waals surface area contributed by atoms with Gasteiger partial charge in [-0.1, -0.05) is 19.9 Å². The highest BCUT2D eigenvalue weighted by atomic mass is 32.2. The second-order valence-corrected chi connectivity index (χ2v) is 8.86. The van der Waals surface area contributed by atoms with Gasteiger partial charge in [0.15, 0.2) is 0 Å². The highest BCUT2D eigenvalue weighted by Gasteiger charge is 2.22. The minimum Gasteiger partial charge on any atom is -0.320 e. The Morgan fingerprint density at radius 3 is 2.18 bits per heavy atom. The van der Waals surface area contributed by atoms with Crippen molar-refractivity contribution in [1.29, 1.82) is 0 Å². The first-order valence-corrected chi connectivity index (χ1v) is 11.6. The third-order valence-electron chi connectivity index (χ3n) is 4.84. The Bertz CT molecular complexity index is 1250. The zero-order valence-corrected chi connectivity index (χ0v) is 18.9. The van der Waals surface area contributed by atoms with Gasteiger partial charge in [0, 0.05) is 24.8 Å². The molecule has 0 spiro atoms. The summed E-state index contributed by atoms with van der Waals surface area (Å²) in [5, 5.41) is 5.15. The number of carbonyl (C=O) groups excluding carboxylic acids is 2. The Hall–Kier alpha value is -3.63. The molecule has 1 heterocycles. The van der Waals surface area contributed by atoms with Crippen LogP contribution in [0.15, 0.2) is 71.8 Å². The van der Waals surface area contributed by atoms with Crippen molar-refractivity contribution in [2.24, 2.45) is 0 Å². The minimum atomic E-state index is -3.66. The lowest BCUT2D eigenvalue weighted by Gasteiger charge is -2.18. The second kappa shape index (κ2) is 10.3. The standard InChI is InChI=1S/C23H23FN4O4S/c1-3-28(4-2)33(31,32)18-11-8-16(9-12-18)22(29)27-21-15-17(24)10-13-19(21)26-23(30)20-7-5-6-14-25-20/h5-15H,3-4H2,1-2H3,(H,26,30)(H,27,29). The van der Waals surface area contributed by atoms with Gasteiger partial charge >= 0.3 is 0 Å². The predicted octanol–water partition coefficient (Wildman–Crippen LogP) is 3.76. The summed E-state index contributed by atoms with van der Waals surface area (Å²) in [5.41, 5.74) is 0.550.